The minimum Gasteiger partial charge on any atom is -0.383 e. The number of aryl methyl sites for hydroxylation is 1. The van der Waals surface area contributed by atoms with E-state index in [0.717, 1.165) is 18.7 Å². The molecule has 15 heavy (non-hydrogen) atoms. The molecule has 4 nitrogen and oxygen atoms in total. The quantitative estimate of drug-likeness (QED) is 0.475. The third-order valence-corrected chi connectivity index (χ3v) is 2.47. The molecule has 80 valence electrons. The zero-order chi connectivity index (χ0) is 10.7. The van der Waals surface area contributed by atoms with Gasteiger partial charge >= 0.3 is 0 Å². The first-order valence-corrected chi connectivity index (χ1v) is 5.12. The SMILES string of the molecule is Cc1ccc(C(N)=NC2CNNC2)cc1. The Morgan fingerprint density at radius 2 is 1.87 bits per heavy atom. The molecule has 1 aromatic carbocycles. The topological polar surface area (TPSA) is 62.4 Å². The highest BCUT2D eigenvalue weighted by Gasteiger charge is 2.12. The van der Waals surface area contributed by atoms with Crippen molar-refractivity contribution in [2.75, 3.05) is 13.1 Å². The fourth-order valence-corrected chi connectivity index (χ4v) is 1.54. The number of benzene rings is 1. The first kappa shape index (κ1) is 10.1. The Kier molecular flexibility index (Phi) is 2.99. The van der Waals surface area contributed by atoms with Crippen LogP contribution in [0.2, 0.25) is 0 Å². The van der Waals surface area contributed by atoms with Gasteiger partial charge in [-0.3, -0.25) is 15.8 Å². The summed E-state index contributed by atoms with van der Waals surface area (Å²) in [5.74, 6) is 0.616. The third kappa shape index (κ3) is 2.55. The van der Waals surface area contributed by atoms with Gasteiger partial charge in [-0.25, -0.2) is 0 Å². The summed E-state index contributed by atoms with van der Waals surface area (Å²) in [4.78, 5) is 4.45. The molecule has 0 aliphatic carbocycles. The highest BCUT2D eigenvalue weighted by molar-refractivity contribution is 5.97. The van der Waals surface area contributed by atoms with E-state index in [1.54, 1.807) is 0 Å². The van der Waals surface area contributed by atoms with Crippen LogP contribution in [0.15, 0.2) is 29.3 Å². The molecule has 0 atom stereocenters. The lowest BCUT2D eigenvalue weighted by Crippen LogP contribution is -2.21. The predicted molar refractivity (Wildman–Crippen MR) is 61.7 cm³/mol. The zero-order valence-corrected chi connectivity index (χ0v) is 8.83. The molecule has 0 amide bonds. The second kappa shape index (κ2) is 4.42. The second-order valence-electron chi connectivity index (χ2n) is 3.80. The van der Waals surface area contributed by atoms with E-state index >= 15 is 0 Å². The second-order valence-corrected chi connectivity index (χ2v) is 3.80. The monoisotopic (exact) mass is 204 g/mol. The van der Waals surface area contributed by atoms with Crippen molar-refractivity contribution in [2.45, 2.75) is 13.0 Å². The normalized spacial score (nSPS) is 18.3. The highest BCUT2D eigenvalue weighted by atomic mass is 15.4. The molecular weight excluding hydrogens is 188 g/mol. The maximum Gasteiger partial charge on any atom is 0.125 e. The summed E-state index contributed by atoms with van der Waals surface area (Å²) < 4.78 is 0. The molecule has 0 bridgehead atoms. The summed E-state index contributed by atoms with van der Waals surface area (Å²) in [5, 5.41) is 0. The van der Waals surface area contributed by atoms with Gasteiger partial charge in [-0.15, -0.1) is 0 Å². The summed E-state index contributed by atoms with van der Waals surface area (Å²) in [6.45, 7) is 3.74. The van der Waals surface area contributed by atoms with Crippen LogP contribution in [-0.4, -0.2) is 25.0 Å². The van der Waals surface area contributed by atoms with Crippen molar-refractivity contribution in [3.8, 4) is 0 Å². The molecule has 0 spiro atoms. The number of nitrogens with two attached hydrogens (primary N) is 1. The van der Waals surface area contributed by atoms with Gasteiger partial charge in [0.1, 0.15) is 5.84 Å². The molecule has 2 rings (SSSR count). The number of rotatable bonds is 2. The van der Waals surface area contributed by atoms with Gasteiger partial charge < -0.3 is 5.73 Å². The molecule has 0 saturated carbocycles. The van der Waals surface area contributed by atoms with Crippen LogP contribution in [0.1, 0.15) is 11.1 Å². The van der Waals surface area contributed by atoms with Crippen LogP contribution in [0.25, 0.3) is 0 Å². The Hall–Kier alpha value is -1.39. The Balaban J connectivity index is 2.12. The molecule has 0 unspecified atom stereocenters. The van der Waals surface area contributed by atoms with E-state index in [2.05, 4.69) is 22.8 Å². The van der Waals surface area contributed by atoms with E-state index in [4.69, 9.17) is 5.73 Å². The standard InChI is InChI=1S/C11H16N4/c1-8-2-4-9(5-3-8)11(12)15-10-6-13-14-7-10/h2-5,10,13-14H,6-7H2,1H3,(H2,12,15). The number of hydrazine groups is 1. The molecule has 4 heteroatoms. The van der Waals surface area contributed by atoms with Crippen molar-refractivity contribution in [2.24, 2.45) is 10.7 Å². The van der Waals surface area contributed by atoms with Crippen molar-refractivity contribution in [3.05, 3.63) is 35.4 Å². The molecule has 0 aromatic heterocycles. The lowest BCUT2D eigenvalue weighted by atomic mass is 10.1. The van der Waals surface area contributed by atoms with Crippen molar-refractivity contribution in [1.29, 1.82) is 0 Å². The van der Waals surface area contributed by atoms with E-state index in [0.29, 0.717) is 5.84 Å². The lowest BCUT2D eigenvalue weighted by Gasteiger charge is -2.05. The Labute approximate surface area is 89.6 Å². The molecule has 1 fully saturated rings. The van der Waals surface area contributed by atoms with E-state index in [9.17, 15) is 0 Å². The maximum atomic E-state index is 5.92. The van der Waals surface area contributed by atoms with Crippen molar-refractivity contribution in [3.63, 3.8) is 0 Å². The van der Waals surface area contributed by atoms with Crippen molar-refractivity contribution in [1.82, 2.24) is 10.9 Å². The van der Waals surface area contributed by atoms with Crippen LogP contribution in [0.3, 0.4) is 0 Å². The number of nitrogens with one attached hydrogen (secondary N) is 2. The van der Waals surface area contributed by atoms with E-state index in [1.165, 1.54) is 5.56 Å². The van der Waals surface area contributed by atoms with Crippen LogP contribution in [0.4, 0.5) is 0 Å². The fourth-order valence-electron chi connectivity index (χ4n) is 1.54. The van der Waals surface area contributed by atoms with E-state index in [1.807, 2.05) is 24.3 Å². The van der Waals surface area contributed by atoms with Gasteiger partial charge in [0, 0.05) is 18.7 Å². The summed E-state index contributed by atoms with van der Waals surface area (Å²) in [7, 11) is 0. The molecular formula is C11H16N4. The van der Waals surface area contributed by atoms with Gasteiger partial charge in [0.2, 0.25) is 0 Å². The number of hydrogen-bond acceptors (Lipinski definition) is 3. The highest BCUT2D eigenvalue weighted by Crippen LogP contribution is 2.04. The van der Waals surface area contributed by atoms with Gasteiger partial charge in [0.25, 0.3) is 0 Å². The number of hydrogen-bond donors (Lipinski definition) is 3. The number of amidine groups is 1. The van der Waals surface area contributed by atoms with Gasteiger partial charge in [-0.2, -0.15) is 0 Å². The summed E-state index contributed by atoms with van der Waals surface area (Å²) in [5.41, 5.74) is 14.2. The molecule has 4 N–H and O–H groups in total. The maximum absolute atomic E-state index is 5.92. The average molecular weight is 204 g/mol. The van der Waals surface area contributed by atoms with Crippen LogP contribution >= 0.6 is 0 Å². The number of nitrogens with zero attached hydrogens (tertiary/aromatic N) is 1. The lowest BCUT2D eigenvalue weighted by molar-refractivity contribution is 0.689. The predicted octanol–water partition coefficient (Wildman–Crippen LogP) is 0.177. The average Bonchev–Trinajstić information content (AvgIpc) is 2.71. The van der Waals surface area contributed by atoms with Gasteiger partial charge in [-0.1, -0.05) is 29.8 Å². The van der Waals surface area contributed by atoms with E-state index < -0.39 is 0 Å². The zero-order valence-electron chi connectivity index (χ0n) is 8.83. The summed E-state index contributed by atoms with van der Waals surface area (Å²) >= 11 is 0. The van der Waals surface area contributed by atoms with Crippen LogP contribution in [0.5, 0.6) is 0 Å². The Morgan fingerprint density at radius 3 is 2.47 bits per heavy atom. The smallest absolute Gasteiger partial charge is 0.125 e. The number of aliphatic imine (C=N–C) groups is 1. The van der Waals surface area contributed by atoms with Crippen LogP contribution < -0.4 is 16.6 Å². The molecule has 1 heterocycles. The molecule has 1 aromatic rings. The molecule has 0 radical (unpaired) electrons. The van der Waals surface area contributed by atoms with Crippen molar-refractivity contribution < 1.29 is 0 Å². The summed E-state index contributed by atoms with van der Waals surface area (Å²) in [6, 6.07) is 8.34. The molecule has 1 saturated heterocycles. The van der Waals surface area contributed by atoms with Gasteiger partial charge in [-0.05, 0) is 6.92 Å². The minimum absolute atomic E-state index is 0.242. The first-order valence-electron chi connectivity index (χ1n) is 5.12. The van der Waals surface area contributed by atoms with Crippen LogP contribution in [0, 0.1) is 6.92 Å². The Morgan fingerprint density at radius 1 is 1.27 bits per heavy atom. The van der Waals surface area contributed by atoms with Gasteiger partial charge in [0.05, 0.1) is 6.04 Å². The van der Waals surface area contributed by atoms with Crippen molar-refractivity contribution >= 4 is 5.84 Å². The fraction of sp³-hybridized carbons (Fsp3) is 0.364. The Bertz CT molecular complexity index is 349. The largest absolute Gasteiger partial charge is 0.383 e. The summed E-state index contributed by atoms with van der Waals surface area (Å²) in [6.07, 6.45) is 0. The van der Waals surface area contributed by atoms with Gasteiger partial charge in [0.15, 0.2) is 0 Å². The minimum atomic E-state index is 0.242. The van der Waals surface area contributed by atoms with Crippen LogP contribution in [-0.2, 0) is 0 Å². The third-order valence-electron chi connectivity index (χ3n) is 2.47. The van der Waals surface area contributed by atoms with E-state index in [-0.39, 0.29) is 6.04 Å². The first-order chi connectivity index (χ1) is 7.25. The molecule has 1 aliphatic heterocycles. The molecule has 1 aliphatic rings.